The molecule has 0 atom stereocenters. The van der Waals surface area contributed by atoms with Crippen LogP contribution in [0.3, 0.4) is 0 Å². The molecule has 1 aromatic carbocycles. The molecule has 1 heterocycles. The molecule has 1 N–H and O–H groups in total. The third kappa shape index (κ3) is 4.22. The lowest BCUT2D eigenvalue weighted by Gasteiger charge is -2.08. The minimum absolute atomic E-state index is 0.152. The fraction of sp³-hybridized carbons (Fsp3) is 0.389. The Morgan fingerprint density at radius 1 is 1.17 bits per heavy atom. The van der Waals surface area contributed by atoms with Gasteiger partial charge in [0.25, 0.3) is 5.91 Å². The number of esters is 1. The van der Waals surface area contributed by atoms with E-state index in [9.17, 15) is 9.59 Å². The summed E-state index contributed by atoms with van der Waals surface area (Å²) in [5.41, 5.74) is 5.41. The number of hydrogen-bond donors (Lipinski definition) is 1. The van der Waals surface area contributed by atoms with Crippen molar-refractivity contribution in [2.45, 2.75) is 34.1 Å². The number of anilines is 1. The minimum Gasteiger partial charge on any atom is -0.455 e. The summed E-state index contributed by atoms with van der Waals surface area (Å²) in [5, 5.41) is 6.96. The number of ether oxygens (including phenoxy) is 1. The van der Waals surface area contributed by atoms with Gasteiger partial charge in [-0.3, -0.25) is 14.3 Å². The smallest absolute Gasteiger partial charge is 0.310 e. The fourth-order valence-electron chi connectivity index (χ4n) is 2.41. The maximum absolute atomic E-state index is 12.0. The summed E-state index contributed by atoms with van der Waals surface area (Å²) in [6.07, 6.45) is 0.152. The van der Waals surface area contributed by atoms with Gasteiger partial charge >= 0.3 is 5.97 Å². The summed E-state index contributed by atoms with van der Waals surface area (Å²) in [5.74, 6) is -0.796. The average molecular weight is 329 g/mol. The van der Waals surface area contributed by atoms with E-state index in [4.69, 9.17) is 4.74 Å². The second-order valence-corrected chi connectivity index (χ2v) is 5.97. The molecule has 24 heavy (non-hydrogen) atoms. The van der Waals surface area contributed by atoms with E-state index in [1.165, 1.54) is 5.56 Å². The highest BCUT2D eigenvalue weighted by atomic mass is 16.5. The molecule has 1 amide bonds. The Labute approximate surface area is 141 Å². The third-order valence-corrected chi connectivity index (χ3v) is 4.06. The molecule has 0 aliphatic heterocycles. The lowest BCUT2D eigenvalue weighted by Crippen LogP contribution is -2.22. The number of aromatic nitrogens is 2. The van der Waals surface area contributed by atoms with Crippen molar-refractivity contribution in [3.63, 3.8) is 0 Å². The molecule has 0 aliphatic carbocycles. The molecular formula is C18H23N3O3. The van der Waals surface area contributed by atoms with Gasteiger partial charge in [-0.2, -0.15) is 5.10 Å². The van der Waals surface area contributed by atoms with Crippen LogP contribution in [0.1, 0.15) is 28.1 Å². The van der Waals surface area contributed by atoms with Crippen LogP contribution in [0.2, 0.25) is 0 Å². The molecule has 0 saturated heterocycles. The Morgan fingerprint density at radius 3 is 2.46 bits per heavy atom. The number of aryl methyl sites for hydroxylation is 4. The summed E-state index contributed by atoms with van der Waals surface area (Å²) in [6.45, 7) is 7.38. The first-order chi connectivity index (χ1) is 11.3. The van der Waals surface area contributed by atoms with Crippen molar-refractivity contribution >= 4 is 17.6 Å². The van der Waals surface area contributed by atoms with Crippen LogP contribution in [0.15, 0.2) is 18.2 Å². The van der Waals surface area contributed by atoms with E-state index in [0.717, 1.165) is 22.5 Å². The molecule has 1 aromatic heterocycles. The van der Waals surface area contributed by atoms with E-state index in [0.29, 0.717) is 5.69 Å². The highest BCUT2D eigenvalue weighted by Crippen LogP contribution is 2.18. The Kier molecular flexibility index (Phi) is 5.39. The normalized spacial score (nSPS) is 10.5. The first kappa shape index (κ1) is 17.7. The monoisotopic (exact) mass is 329 g/mol. The molecule has 0 spiro atoms. The Hall–Kier alpha value is -2.63. The molecule has 6 nitrogen and oxygen atoms in total. The van der Waals surface area contributed by atoms with Gasteiger partial charge in [-0.15, -0.1) is 0 Å². The zero-order valence-electron chi connectivity index (χ0n) is 14.8. The summed E-state index contributed by atoms with van der Waals surface area (Å²) in [6, 6.07) is 5.82. The number of carbonyl (C=O) groups is 2. The van der Waals surface area contributed by atoms with Crippen LogP contribution in [-0.2, 0) is 27.8 Å². The molecule has 0 aliphatic rings. The van der Waals surface area contributed by atoms with Crippen molar-refractivity contribution < 1.29 is 14.3 Å². The van der Waals surface area contributed by atoms with Gasteiger partial charge in [0.05, 0.1) is 23.5 Å². The second-order valence-electron chi connectivity index (χ2n) is 5.97. The SMILES string of the molecule is Cc1ccc(CC(=O)OCC(=O)Nc2c(C)nn(C)c2C)cc1C. The van der Waals surface area contributed by atoms with Crippen molar-refractivity contribution in [1.82, 2.24) is 9.78 Å². The number of amides is 1. The second kappa shape index (κ2) is 7.29. The molecule has 0 radical (unpaired) electrons. The molecule has 128 valence electrons. The summed E-state index contributed by atoms with van der Waals surface area (Å²) < 4.78 is 6.75. The van der Waals surface area contributed by atoms with Gasteiger partial charge in [0.2, 0.25) is 0 Å². The highest BCUT2D eigenvalue weighted by molar-refractivity contribution is 5.93. The zero-order chi connectivity index (χ0) is 17.9. The predicted molar refractivity (Wildman–Crippen MR) is 91.9 cm³/mol. The number of carbonyl (C=O) groups excluding carboxylic acids is 2. The van der Waals surface area contributed by atoms with E-state index in [1.807, 2.05) is 52.9 Å². The first-order valence-electron chi connectivity index (χ1n) is 7.79. The molecule has 2 aromatic rings. The average Bonchev–Trinajstić information content (AvgIpc) is 2.75. The van der Waals surface area contributed by atoms with Crippen LogP contribution in [0, 0.1) is 27.7 Å². The van der Waals surface area contributed by atoms with Crippen LogP contribution in [-0.4, -0.2) is 28.3 Å². The van der Waals surface area contributed by atoms with Crippen LogP contribution in [0.4, 0.5) is 5.69 Å². The highest BCUT2D eigenvalue weighted by Gasteiger charge is 2.14. The van der Waals surface area contributed by atoms with E-state index in [-0.39, 0.29) is 18.9 Å². The van der Waals surface area contributed by atoms with Gasteiger partial charge in [0.15, 0.2) is 6.61 Å². The standard InChI is InChI=1S/C18H23N3O3/c1-11-6-7-15(8-12(11)2)9-17(23)24-10-16(22)19-18-13(3)20-21(5)14(18)4/h6-8H,9-10H2,1-5H3,(H,19,22). The van der Waals surface area contributed by atoms with Gasteiger partial charge in [-0.05, 0) is 44.4 Å². The lowest BCUT2D eigenvalue weighted by atomic mass is 10.0. The summed E-state index contributed by atoms with van der Waals surface area (Å²) in [7, 11) is 1.81. The van der Waals surface area contributed by atoms with E-state index >= 15 is 0 Å². The van der Waals surface area contributed by atoms with Gasteiger partial charge in [-0.25, -0.2) is 0 Å². The largest absolute Gasteiger partial charge is 0.455 e. The van der Waals surface area contributed by atoms with Crippen molar-refractivity contribution in [1.29, 1.82) is 0 Å². The third-order valence-electron chi connectivity index (χ3n) is 4.06. The van der Waals surface area contributed by atoms with Gasteiger partial charge in [0, 0.05) is 7.05 Å². The van der Waals surface area contributed by atoms with E-state index in [1.54, 1.807) is 4.68 Å². The number of benzene rings is 1. The molecular weight excluding hydrogens is 306 g/mol. The van der Waals surface area contributed by atoms with Crippen LogP contribution in [0.5, 0.6) is 0 Å². The van der Waals surface area contributed by atoms with Crippen LogP contribution >= 0.6 is 0 Å². The first-order valence-corrected chi connectivity index (χ1v) is 7.79. The topological polar surface area (TPSA) is 73.2 Å². The molecule has 2 rings (SSSR count). The van der Waals surface area contributed by atoms with Crippen molar-refractivity contribution in [3.05, 3.63) is 46.3 Å². The zero-order valence-corrected chi connectivity index (χ0v) is 14.8. The van der Waals surface area contributed by atoms with Crippen LogP contribution in [0.25, 0.3) is 0 Å². The minimum atomic E-state index is -0.423. The molecule has 0 unspecified atom stereocenters. The number of nitrogens with zero attached hydrogens (tertiary/aromatic N) is 2. The quantitative estimate of drug-likeness (QED) is 0.855. The van der Waals surface area contributed by atoms with Crippen molar-refractivity contribution in [2.75, 3.05) is 11.9 Å². The number of nitrogens with one attached hydrogen (secondary N) is 1. The number of rotatable bonds is 5. The predicted octanol–water partition coefficient (Wildman–Crippen LogP) is 2.38. The lowest BCUT2D eigenvalue weighted by molar-refractivity contribution is -0.146. The maximum Gasteiger partial charge on any atom is 0.310 e. The van der Waals surface area contributed by atoms with Crippen molar-refractivity contribution in [3.8, 4) is 0 Å². The van der Waals surface area contributed by atoms with E-state index < -0.39 is 5.97 Å². The number of hydrogen-bond acceptors (Lipinski definition) is 4. The van der Waals surface area contributed by atoms with Crippen molar-refractivity contribution in [2.24, 2.45) is 7.05 Å². The van der Waals surface area contributed by atoms with Gasteiger partial charge in [0.1, 0.15) is 0 Å². The molecule has 0 bridgehead atoms. The maximum atomic E-state index is 12.0. The van der Waals surface area contributed by atoms with E-state index in [2.05, 4.69) is 10.4 Å². The Bertz CT molecular complexity index is 778. The van der Waals surface area contributed by atoms with Gasteiger partial charge < -0.3 is 10.1 Å². The molecule has 0 fully saturated rings. The Morgan fingerprint density at radius 2 is 1.88 bits per heavy atom. The molecule has 0 saturated carbocycles. The Balaban J connectivity index is 1.87. The summed E-state index contributed by atoms with van der Waals surface area (Å²) in [4.78, 5) is 23.8. The van der Waals surface area contributed by atoms with Crippen LogP contribution < -0.4 is 5.32 Å². The fourth-order valence-corrected chi connectivity index (χ4v) is 2.41. The summed E-state index contributed by atoms with van der Waals surface area (Å²) >= 11 is 0. The molecule has 6 heteroatoms. The van der Waals surface area contributed by atoms with Gasteiger partial charge in [-0.1, -0.05) is 18.2 Å².